The highest BCUT2D eigenvalue weighted by molar-refractivity contribution is 5.82. The normalized spacial score (nSPS) is 36.3. The lowest BCUT2D eigenvalue weighted by Crippen LogP contribution is -2.54. The summed E-state index contributed by atoms with van der Waals surface area (Å²) >= 11 is 0. The van der Waals surface area contributed by atoms with Gasteiger partial charge in [-0.1, -0.05) is 26.0 Å². The first-order valence-electron chi connectivity index (χ1n) is 7.08. The minimum absolute atomic E-state index is 0.127. The molecule has 1 fully saturated rings. The van der Waals surface area contributed by atoms with Gasteiger partial charge < -0.3 is 9.84 Å². The summed E-state index contributed by atoms with van der Waals surface area (Å²) < 4.78 is 5.29. The van der Waals surface area contributed by atoms with Crippen molar-refractivity contribution in [2.45, 2.75) is 52.1 Å². The van der Waals surface area contributed by atoms with E-state index >= 15 is 0 Å². The maximum Gasteiger partial charge on any atom is 0.316 e. The quantitative estimate of drug-likeness (QED) is 0.629. The molecule has 2 aliphatic carbocycles. The van der Waals surface area contributed by atoms with Crippen LogP contribution in [0.15, 0.2) is 24.3 Å². The second-order valence-corrected chi connectivity index (χ2v) is 6.21. The second-order valence-electron chi connectivity index (χ2n) is 6.21. The number of allylic oxidation sites excluding steroid dienone is 1. The number of esters is 1. The third-order valence-corrected chi connectivity index (χ3v) is 5.13. The zero-order valence-electron chi connectivity index (χ0n) is 12.2. The number of carbonyl (C=O) groups excluding carboxylic acids is 1. The van der Waals surface area contributed by atoms with E-state index in [2.05, 4.69) is 12.7 Å². The number of rotatable bonds is 3. The van der Waals surface area contributed by atoms with Gasteiger partial charge in [0.2, 0.25) is 0 Å². The van der Waals surface area contributed by atoms with E-state index in [0.29, 0.717) is 19.4 Å². The van der Waals surface area contributed by atoms with Crippen LogP contribution in [0.5, 0.6) is 0 Å². The van der Waals surface area contributed by atoms with Crippen LogP contribution in [0.4, 0.5) is 0 Å². The van der Waals surface area contributed by atoms with E-state index < -0.39 is 16.4 Å². The van der Waals surface area contributed by atoms with Crippen molar-refractivity contribution in [1.29, 1.82) is 0 Å². The van der Waals surface area contributed by atoms with Crippen LogP contribution in [-0.2, 0) is 9.53 Å². The summed E-state index contributed by atoms with van der Waals surface area (Å²) in [5.41, 5.74) is -0.906. The van der Waals surface area contributed by atoms with Crippen molar-refractivity contribution in [3.8, 4) is 0 Å². The fraction of sp³-hybridized carbons (Fsp3) is 0.688. The number of aliphatic hydroxyl groups is 1. The molecule has 0 amide bonds. The van der Waals surface area contributed by atoms with Gasteiger partial charge in [-0.15, -0.1) is 6.58 Å². The van der Waals surface area contributed by atoms with E-state index in [1.165, 1.54) is 0 Å². The highest BCUT2D eigenvalue weighted by atomic mass is 16.5. The van der Waals surface area contributed by atoms with Crippen molar-refractivity contribution in [3.63, 3.8) is 0 Å². The van der Waals surface area contributed by atoms with Gasteiger partial charge in [-0.3, -0.25) is 4.79 Å². The maximum absolute atomic E-state index is 12.4. The number of fused-ring (bicyclic) bond motifs is 1. The molecule has 0 aromatic heterocycles. The Kier molecular flexibility index (Phi) is 3.38. The molecule has 19 heavy (non-hydrogen) atoms. The van der Waals surface area contributed by atoms with Gasteiger partial charge in [-0.05, 0) is 38.2 Å². The molecule has 3 heteroatoms. The minimum atomic E-state index is -0.945. The third kappa shape index (κ3) is 1.78. The van der Waals surface area contributed by atoms with E-state index in [9.17, 15) is 9.90 Å². The van der Waals surface area contributed by atoms with Gasteiger partial charge in [-0.2, -0.15) is 0 Å². The van der Waals surface area contributed by atoms with Crippen LogP contribution >= 0.6 is 0 Å². The molecule has 0 bridgehead atoms. The van der Waals surface area contributed by atoms with E-state index in [0.717, 1.165) is 18.4 Å². The van der Waals surface area contributed by atoms with E-state index in [1.807, 2.05) is 20.8 Å². The Hall–Kier alpha value is -1.09. The molecule has 0 heterocycles. The third-order valence-electron chi connectivity index (χ3n) is 5.13. The highest BCUT2D eigenvalue weighted by Crippen LogP contribution is 2.60. The standard InChI is InChI=1S/C16H24O3/c1-5-16(18)11-10-15(13(17)19-6-2)9-7-8-12(15)14(16,3)4/h5,8,18H,1,6-7,9-11H2,2-4H3/t15-,16+/m0/s1. The van der Waals surface area contributed by atoms with Crippen LogP contribution in [0.1, 0.15) is 46.5 Å². The Morgan fingerprint density at radius 1 is 1.47 bits per heavy atom. The SMILES string of the molecule is C=C[C@@]1(O)CC[C@@]2(C(=O)OCC)CCC=C2C1(C)C. The van der Waals surface area contributed by atoms with Crippen LogP contribution in [-0.4, -0.2) is 23.3 Å². The molecule has 0 aromatic rings. The van der Waals surface area contributed by atoms with E-state index in [1.54, 1.807) is 6.08 Å². The summed E-state index contributed by atoms with van der Waals surface area (Å²) in [6.07, 6.45) is 6.62. The molecular weight excluding hydrogens is 240 g/mol. The van der Waals surface area contributed by atoms with Gasteiger partial charge in [-0.25, -0.2) is 0 Å². The van der Waals surface area contributed by atoms with Crippen LogP contribution < -0.4 is 0 Å². The van der Waals surface area contributed by atoms with E-state index in [-0.39, 0.29) is 5.97 Å². The van der Waals surface area contributed by atoms with Gasteiger partial charge in [0.05, 0.1) is 17.6 Å². The summed E-state index contributed by atoms with van der Waals surface area (Å²) in [5.74, 6) is -0.127. The van der Waals surface area contributed by atoms with Gasteiger partial charge in [0.1, 0.15) is 0 Å². The average Bonchev–Trinajstić information content (AvgIpc) is 2.81. The molecule has 0 saturated heterocycles. The van der Waals surface area contributed by atoms with Crippen LogP contribution in [0.25, 0.3) is 0 Å². The summed E-state index contributed by atoms with van der Waals surface area (Å²) in [7, 11) is 0. The predicted octanol–water partition coefficient (Wildman–Crippen LogP) is 2.99. The maximum atomic E-state index is 12.4. The molecule has 2 atom stereocenters. The first-order valence-corrected chi connectivity index (χ1v) is 7.08. The molecule has 1 N–H and O–H groups in total. The Morgan fingerprint density at radius 3 is 2.74 bits per heavy atom. The monoisotopic (exact) mass is 264 g/mol. The van der Waals surface area contributed by atoms with Gasteiger partial charge in [0.15, 0.2) is 0 Å². The lowest BCUT2D eigenvalue weighted by atomic mass is 9.54. The molecule has 2 aliphatic rings. The average molecular weight is 264 g/mol. The highest BCUT2D eigenvalue weighted by Gasteiger charge is 2.60. The Morgan fingerprint density at radius 2 is 2.16 bits per heavy atom. The van der Waals surface area contributed by atoms with Crippen molar-refractivity contribution in [3.05, 3.63) is 24.3 Å². The van der Waals surface area contributed by atoms with Crippen LogP contribution in [0, 0.1) is 10.8 Å². The predicted molar refractivity (Wildman–Crippen MR) is 74.5 cm³/mol. The summed E-state index contributed by atoms with van der Waals surface area (Å²) in [5, 5.41) is 10.8. The van der Waals surface area contributed by atoms with Gasteiger partial charge in [0.25, 0.3) is 0 Å². The van der Waals surface area contributed by atoms with Crippen LogP contribution in [0.3, 0.4) is 0 Å². The molecule has 106 valence electrons. The van der Waals surface area contributed by atoms with Crippen molar-refractivity contribution < 1.29 is 14.6 Å². The topological polar surface area (TPSA) is 46.5 Å². The smallest absolute Gasteiger partial charge is 0.316 e. The van der Waals surface area contributed by atoms with Gasteiger partial charge in [0, 0.05) is 5.41 Å². The van der Waals surface area contributed by atoms with Crippen molar-refractivity contribution in [2.75, 3.05) is 6.61 Å². The number of ether oxygens (including phenoxy) is 1. The Balaban J connectivity index is 2.44. The minimum Gasteiger partial charge on any atom is -0.465 e. The van der Waals surface area contributed by atoms with E-state index in [4.69, 9.17) is 4.74 Å². The molecule has 0 aliphatic heterocycles. The molecule has 2 rings (SSSR count). The fourth-order valence-corrected chi connectivity index (χ4v) is 3.80. The van der Waals surface area contributed by atoms with Crippen molar-refractivity contribution >= 4 is 5.97 Å². The second kappa shape index (κ2) is 4.48. The molecule has 0 unspecified atom stereocenters. The molecule has 0 radical (unpaired) electrons. The molecule has 3 nitrogen and oxygen atoms in total. The van der Waals surface area contributed by atoms with Crippen LogP contribution in [0.2, 0.25) is 0 Å². The Bertz CT molecular complexity index is 435. The summed E-state index contributed by atoms with van der Waals surface area (Å²) in [4.78, 5) is 12.4. The Labute approximate surface area is 115 Å². The zero-order valence-corrected chi connectivity index (χ0v) is 12.2. The largest absolute Gasteiger partial charge is 0.465 e. The summed E-state index contributed by atoms with van der Waals surface area (Å²) in [6.45, 7) is 10.0. The first-order chi connectivity index (χ1) is 8.84. The first kappa shape index (κ1) is 14.3. The number of hydrogen-bond donors (Lipinski definition) is 1. The summed E-state index contributed by atoms with van der Waals surface area (Å²) in [6, 6.07) is 0. The molecular formula is C16H24O3. The lowest BCUT2D eigenvalue weighted by molar-refractivity contribution is -0.159. The number of carbonyl (C=O) groups is 1. The lowest BCUT2D eigenvalue weighted by Gasteiger charge is -2.52. The van der Waals surface area contributed by atoms with Crippen molar-refractivity contribution in [2.24, 2.45) is 10.8 Å². The van der Waals surface area contributed by atoms with Gasteiger partial charge >= 0.3 is 5.97 Å². The molecule has 0 spiro atoms. The molecule has 0 aromatic carbocycles. The number of hydrogen-bond acceptors (Lipinski definition) is 3. The molecule has 1 saturated carbocycles. The fourth-order valence-electron chi connectivity index (χ4n) is 3.80. The van der Waals surface area contributed by atoms with Crippen molar-refractivity contribution in [1.82, 2.24) is 0 Å². The zero-order chi connectivity index (χ0) is 14.3.